The van der Waals surface area contributed by atoms with E-state index in [4.69, 9.17) is 9.05 Å². The minimum Gasteiger partial charge on any atom is -0.308 e. The van der Waals surface area contributed by atoms with Crippen LogP contribution in [0.5, 0.6) is 0 Å². The second kappa shape index (κ2) is 6.61. The first-order chi connectivity index (χ1) is 10.5. The predicted molar refractivity (Wildman–Crippen MR) is 92.5 cm³/mol. The Morgan fingerprint density at radius 3 is 1.96 bits per heavy atom. The summed E-state index contributed by atoms with van der Waals surface area (Å²) >= 11 is 0. The van der Waals surface area contributed by atoms with E-state index in [9.17, 15) is 9.36 Å². The lowest BCUT2D eigenvalue weighted by atomic mass is 9.45. The molecular formula is C18H33O4P. The Labute approximate surface area is 141 Å². The summed E-state index contributed by atoms with van der Waals surface area (Å²) in [5, 5.41) is 0. The molecule has 23 heavy (non-hydrogen) atoms. The molecule has 0 aromatic heterocycles. The van der Waals surface area contributed by atoms with Crippen molar-refractivity contribution < 1.29 is 18.4 Å². The summed E-state index contributed by atoms with van der Waals surface area (Å²) in [7, 11) is -3.43. The van der Waals surface area contributed by atoms with E-state index >= 15 is 0 Å². The number of carbonyl (C=O) groups is 1. The Balaban J connectivity index is 2.24. The number of fused-ring (bicyclic) bond motifs is 2. The van der Waals surface area contributed by atoms with Crippen LogP contribution in [-0.2, 0) is 18.4 Å². The highest BCUT2D eigenvalue weighted by atomic mass is 31.2. The van der Waals surface area contributed by atoms with Crippen molar-refractivity contribution >= 4 is 13.4 Å². The molecule has 0 radical (unpaired) electrons. The van der Waals surface area contributed by atoms with Crippen LogP contribution in [0.3, 0.4) is 0 Å². The van der Waals surface area contributed by atoms with E-state index in [1.54, 1.807) is 0 Å². The van der Waals surface area contributed by atoms with Gasteiger partial charge in [-0.2, -0.15) is 0 Å². The third-order valence-corrected chi connectivity index (χ3v) is 8.05. The van der Waals surface area contributed by atoms with Crippen molar-refractivity contribution in [1.29, 1.82) is 0 Å². The van der Waals surface area contributed by atoms with E-state index in [2.05, 4.69) is 20.8 Å². The highest BCUT2D eigenvalue weighted by Gasteiger charge is 2.65. The number of ketones is 1. The van der Waals surface area contributed by atoms with Gasteiger partial charge < -0.3 is 9.05 Å². The van der Waals surface area contributed by atoms with Crippen molar-refractivity contribution in [3.05, 3.63) is 0 Å². The van der Waals surface area contributed by atoms with Crippen LogP contribution in [0.2, 0.25) is 0 Å². The Hall–Kier alpha value is -0.180. The molecule has 134 valence electrons. The SMILES string of the molecule is CC(C)COP(=O)(OCC(C)C)C1C(=O)[C@H]2C[C@@H](C1C)C2(C)C. The molecule has 0 saturated heterocycles. The Kier molecular flexibility index (Phi) is 5.51. The summed E-state index contributed by atoms with van der Waals surface area (Å²) in [6, 6.07) is 0. The zero-order chi connectivity index (χ0) is 17.6. The van der Waals surface area contributed by atoms with Crippen LogP contribution in [0, 0.1) is 35.0 Å². The zero-order valence-electron chi connectivity index (χ0n) is 15.7. The molecule has 0 spiro atoms. The van der Waals surface area contributed by atoms with Crippen molar-refractivity contribution in [2.45, 2.75) is 60.5 Å². The number of hydrogen-bond acceptors (Lipinski definition) is 4. The van der Waals surface area contributed by atoms with Gasteiger partial charge in [-0.15, -0.1) is 0 Å². The third-order valence-electron chi connectivity index (χ3n) is 5.63. The Bertz CT molecular complexity index is 481. The van der Waals surface area contributed by atoms with Gasteiger partial charge in [0.05, 0.1) is 13.2 Å². The third kappa shape index (κ3) is 3.45. The lowest BCUT2D eigenvalue weighted by Gasteiger charge is -2.60. The highest BCUT2D eigenvalue weighted by molar-refractivity contribution is 7.55. The van der Waals surface area contributed by atoms with Crippen LogP contribution in [-0.4, -0.2) is 24.7 Å². The van der Waals surface area contributed by atoms with Crippen LogP contribution in [0.1, 0.15) is 54.9 Å². The maximum atomic E-state index is 13.5. The smallest absolute Gasteiger partial charge is 0.308 e. The Morgan fingerprint density at radius 1 is 1.13 bits per heavy atom. The van der Waals surface area contributed by atoms with Crippen molar-refractivity contribution in [1.82, 2.24) is 0 Å². The van der Waals surface area contributed by atoms with Crippen molar-refractivity contribution in [2.75, 3.05) is 13.2 Å². The Morgan fingerprint density at radius 2 is 1.61 bits per heavy atom. The van der Waals surface area contributed by atoms with Crippen molar-refractivity contribution in [3.63, 3.8) is 0 Å². The quantitative estimate of drug-likeness (QED) is 0.624. The van der Waals surface area contributed by atoms with Gasteiger partial charge in [0.25, 0.3) is 0 Å². The molecule has 5 heteroatoms. The largest absolute Gasteiger partial charge is 0.341 e. The van der Waals surface area contributed by atoms with Crippen LogP contribution in [0.4, 0.5) is 0 Å². The molecular weight excluding hydrogens is 311 g/mol. The van der Waals surface area contributed by atoms with Crippen LogP contribution in [0.25, 0.3) is 0 Å². The standard InChI is InChI=1S/C18H33O4P/c1-11(2)9-21-23(20,22-10-12(3)4)17-13(5)14-8-15(16(17)19)18(14,6)7/h11-15,17H,8-10H2,1-7H3/t13?,14-,15+,17?/m0/s1. The summed E-state index contributed by atoms with van der Waals surface area (Å²) in [4.78, 5) is 13.0. The minimum atomic E-state index is -3.43. The summed E-state index contributed by atoms with van der Waals surface area (Å²) in [5.74, 6) is 1.09. The molecule has 0 aromatic carbocycles. The van der Waals surface area contributed by atoms with Crippen LogP contribution >= 0.6 is 7.60 Å². The first kappa shape index (κ1) is 19.1. The van der Waals surface area contributed by atoms with E-state index in [1.165, 1.54) is 0 Å². The molecule has 0 aliphatic heterocycles. The van der Waals surface area contributed by atoms with Crippen molar-refractivity contribution in [2.24, 2.45) is 35.0 Å². The maximum absolute atomic E-state index is 13.5. The molecule has 3 aliphatic rings. The summed E-state index contributed by atoms with van der Waals surface area (Å²) < 4.78 is 25.1. The minimum absolute atomic E-state index is 0.00678. The van der Waals surface area contributed by atoms with Gasteiger partial charge in [-0.05, 0) is 35.5 Å². The first-order valence-electron chi connectivity index (χ1n) is 8.93. The molecule has 4 nitrogen and oxygen atoms in total. The number of hydrogen-bond donors (Lipinski definition) is 0. The lowest BCUT2D eigenvalue weighted by Crippen LogP contribution is -2.62. The zero-order valence-corrected chi connectivity index (χ0v) is 16.6. The highest BCUT2D eigenvalue weighted by Crippen LogP contribution is 2.68. The second-order valence-electron chi connectivity index (χ2n) is 8.84. The van der Waals surface area contributed by atoms with Gasteiger partial charge >= 0.3 is 7.60 Å². The molecule has 2 bridgehead atoms. The first-order valence-corrected chi connectivity index (χ1v) is 10.5. The van der Waals surface area contributed by atoms with Crippen LogP contribution in [0.15, 0.2) is 0 Å². The molecule has 2 unspecified atom stereocenters. The van der Waals surface area contributed by atoms with Gasteiger partial charge in [0.2, 0.25) is 0 Å². The monoisotopic (exact) mass is 344 g/mol. The van der Waals surface area contributed by atoms with E-state index in [0.29, 0.717) is 19.1 Å². The number of rotatable bonds is 7. The molecule has 4 atom stereocenters. The van der Waals surface area contributed by atoms with Gasteiger partial charge in [-0.25, -0.2) is 0 Å². The summed E-state index contributed by atoms with van der Waals surface area (Å²) in [6.07, 6.45) is 0.928. The second-order valence-corrected chi connectivity index (χ2v) is 11.0. The van der Waals surface area contributed by atoms with Gasteiger partial charge in [0, 0.05) is 5.92 Å². The van der Waals surface area contributed by atoms with Crippen LogP contribution < -0.4 is 0 Å². The number of Topliss-reactive ketones (excluding diaryl/α,β-unsaturated/α-hetero) is 1. The molecule has 3 rings (SSSR count). The van der Waals surface area contributed by atoms with Gasteiger partial charge in [0.1, 0.15) is 5.66 Å². The van der Waals surface area contributed by atoms with Gasteiger partial charge in [0.15, 0.2) is 5.78 Å². The summed E-state index contributed by atoms with van der Waals surface area (Å²) in [6.45, 7) is 15.2. The van der Waals surface area contributed by atoms with E-state index in [0.717, 1.165) is 6.42 Å². The summed E-state index contributed by atoms with van der Waals surface area (Å²) in [5.41, 5.74) is -0.565. The fourth-order valence-electron chi connectivity index (χ4n) is 4.17. The van der Waals surface area contributed by atoms with Gasteiger partial charge in [-0.1, -0.05) is 48.5 Å². The molecule has 3 saturated carbocycles. The fourth-order valence-corrected chi connectivity index (χ4v) is 6.85. The molecule has 0 aromatic rings. The number of carbonyl (C=O) groups excluding carboxylic acids is 1. The average molecular weight is 344 g/mol. The molecule has 0 amide bonds. The lowest BCUT2D eigenvalue weighted by molar-refractivity contribution is -0.156. The topological polar surface area (TPSA) is 52.6 Å². The maximum Gasteiger partial charge on any atom is 0.341 e. The average Bonchev–Trinajstić information content (AvgIpc) is 2.41. The van der Waals surface area contributed by atoms with Crippen molar-refractivity contribution in [3.8, 4) is 0 Å². The fraction of sp³-hybridized carbons (Fsp3) is 0.944. The normalized spacial score (nSPS) is 33.2. The predicted octanol–water partition coefficient (Wildman–Crippen LogP) is 4.77. The molecule has 3 fully saturated rings. The van der Waals surface area contributed by atoms with E-state index in [-0.39, 0.29) is 34.9 Å². The van der Waals surface area contributed by atoms with E-state index in [1.807, 2.05) is 27.7 Å². The van der Waals surface area contributed by atoms with Gasteiger partial charge in [-0.3, -0.25) is 9.36 Å². The molecule has 0 N–H and O–H groups in total. The molecule has 3 aliphatic carbocycles. The molecule has 0 heterocycles. The van der Waals surface area contributed by atoms with E-state index < -0.39 is 13.3 Å².